The lowest BCUT2D eigenvalue weighted by Crippen LogP contribution is -2.60. The summed E-state index contributed by atoms with van der Waals surface area (Å²) in [5.74, 6) is -11.7. The standard InChI is InChI=1S/C28H39F2N5O6/c1-16(2)22(24(38)28(29,30)27(41)32-15-18-10-7-6-8-11-18)34-25(39)19-12-9-13-35(19)26(40)23(17(3)4)33-21(37)14-20(36)31-5/h6-8,10-11,16-17,19,22-23H,9,12-15H2,1-5H3,(H,31,36)(H,32,41)(H,33,37)(H,34,39)/t19?,22?,23-/m0/s1. The van der Waals surface area contributed by atoms with Crippen molar-refractivity contribution in [1.29, 1.82) is 0 Å². The fourth-order valence-electron chi connectivity index (χ4n) is 4.43. The van der Waals surface area contributed by atoms with Gasteiger partial charge < -0.3 is 26.2 Å². The SMILES string of the molecule is CNC(=O)CC(=O)N[C@H](C(=O)N1CCCC1C(=O)NC(C(=O)C(F)(F)C(=O)NCc1ccccc1)C(C)C)C(C)C. The van der Waals surface area contributed by atoms with Crippen LogP contribution in [0.5, 0.6) is 0 Å². The molecule has 0 spiro atoms. The second-order valence-electron chi connectivity index (χ2n) is 10.7. The molecule has 1 heterocycles. The monoisotopic (exact) mass is 579 g/mol. The molecule has 5 amide bonds. The number of hydrogen-bond acceptors (Lipinski definition) is 6. The number of nitrogens with zero attached hydrogens (tertiary/aromatic N) is 1. The van der Waals surface area contributed by atoms with Gasteiger partial charge >= 0.3 is 5.92 Å². The van der Waals surface area contributed by atoms with Gasteiger partial charge in [-0.3, -0.25) is 28.8 Å². The van der Waals surface area contributed by atoms with Crippen LogP contribution < -0.4 is 21.3 Å². The maximum Gasteiger partial charge on any atom is 0.383 e. The Morgan fingerprint density at radius 2 is 1.54 bits per heavy atom. The summed E-state index contributed by atoms with van der Waals surface area (Å²) in [6.45, 7) is 6.24. The lowest BCUT2D eigenvalue weighted by Gasteiger charge is -2.32. The number of carbonyl (C=O) groups excluding carboxylic acids is 6. The van der Waals surface area contributed by atoms with Crippen LogP contribution in [0.4, 0.5) is 8.78 Å². The molecule has 11 nitrogen and oxygen atoms in total. The zero-order valence-electron chi connectivity index (χ0n) is 24.0. The van der Waals surface area contributed by atoms with Gasteiger partial charge in [0.2, 0.25) is 29.4 Å². The third-order valence-corrected chi connectivity index (χ3v) is 6.83. The highest BCUT2D eigenvalue weighted by molar-refractivity contribution is 6.10. The van der Waals surface area contributed by atoms with Gasteiger partial charge in [-0.15, -0.1) is 0 Å². The van der Waals surface area contributed by atoms with Gasteiger partial charge in [-0.25, -0.2) is 0 Å². The first-order valence-corrected chi connectivity index (χ1v) is 13.6. The fraction of sp³-hybridized carbons (Fsp3) is 0.571. The van der Waals surface area contributed by atoms with Gasteiger partial charge in [-0.1, -0.05) is 58.0 Å². The minimum Gasteiger partial charge on any atom is -0.359 e. The van der Waals surface area contributed by atoms with Crippen molar-refractivity contribution in [1.82, 2.24) is 26.2 Å². The molecule has 3 atom stereocenters. The van der Waals surface area contributed by atoms with Crippen LogP contribution in [-0.2, 0) is 35.3 Å². The van der Waals surface area contributed by atoms with E-state index >= 15 is 0 Å². The molecule has 4 N–H and O–H groups in total. The fourth-order valence-corrected chi connectivity index (χ4v) is 4.43. The number of amides is 5. The summed E-state index contributed by atoms with van der Waals surface area (Å²) in [6, 6.07) is 4.51. The topological polar surface area (TPSA) is 154 Å². The number of halogens is 2. The average molecular weight is 580 g/mol. The molecule has 0 bridgehead atoms. The van der Waals surface area contributed by atoms with Gasteiger partial charge in [0, 0.05) is 20.1 Å². The molecule has 1 aromatic rings. The van der Waals surface area contributed by atoms with E-state index in [1.54, 1.807) is 44.2 Å². The number of benzene rings is 1. The van der Waals surface area contributed by atoms with Gasteiger partial charge in [0.1, 0.15) is 18.5 Å². The van der Waals surface area contributed by atoms with E-state index in [4.69, 9.17) is 0 Å². The van der Waals surface area contributed by atoms with Crippen molar-refractivity contribution >= 4 is 35.3 Å². The highest BCUT2D eigenvalue weighted by Gasteiger charge is 2.51. The molecular formula is C28H39F2N5O6. The number of Topliss-reactive ketones (excluding diaryl/α,β-unsaturated/α-hetero) is 1. The molecule has 0 saturated carbocycles. The van der Waals surface area contributed by atoms with Crippen LogP contribution >= 0.6 is 0 Å². The Bertz CT molecular complexity index is 1130. The molecule has 0 aromatic heterocycles. The number of likely N-dealkylation sites (tertiary alicyclic amines) is 1. The normalized spacial score (nSPS) is 16.6. The van der Waals surface area contributed by atoms with Crippen LogP contribution in [0.1, 0.15) is 52.5 Å². The maximum absolute atomic E-state index is 14.9. The zero-order valence-corrected chi connectivity index (χ0v) is 24.0. The number of carbonyl (C=O) groups is 6. The van der Waals surface area contributed by atoms with Crippen molar-refractivity contribution in [2.75, 3.05) is 13.6 Å². The number of rotatable bonds is 13. The summed E-state index contributed by atoms with van der Waals surface area (Å²) < 4.78 is 29.9. The second kappa shape index (κ2) is 14.6. The Morgan fingerprint density at radius 1 is 0.927 bits per heavy atom. The largest absolute Gasteiger partial charge is 0.383 e. The highest BCUT2D eigenvalue weighted by atomic mass is 19.3. The minimum atomic E-state index is -4.42. The Hall–Kier alpha value is -3.90. The van der Waals surface area contributed by atoms with Crippen LogP contribution in [0.15, 0.2) is 30.3 Å². The Labute approximate surface area is 238 Å². The second-order valence-corrected chi connectivity index (χ2v) is 10.7. The third kappa shape index (κ3) is 8.79. The molecule has 1 fully saturated rings. The van der Waals surface area contributed by atoms with E-state index in [9.17, 15) is 37.5 Å². The van der Waals surface area contributed by atoms with Crippen molar-refractivity contribution in [3.8, 4) is 0 Å². The number of alkyl halides is 2. The Kier molecular flexibility index (Phi) is 11.9. The van der Waals surface area contributed by atoms with Gasteiger partial charge in [0.15, 0.2) is 0 Å². The van der Waals surface area contributed by atoms with Crippen molar-refractivity contribution in [3.63, 3.8) is 0 Å². The van der Waals surface area contributed by atoms with Crippen molar-refractivity contribution in [3.05, 3.63) is 35.9 Å². The van der Waals surface area contributed by atoms with E-state index in [0.29, 0.717) is 12.0 Å². The lowest BCUT2D eigenvalue weighted by atomic mass is 9.94. The van der Waals surface area contributed by atoms with Crippen LogP contribution in [0, 0.1) is 11.8 Å². The van der Waals surface area contributed by atoms with Crippen molar-refractivity contribution in [2.24, 2.45) is 11.8 Å². The van der Waals surface area contributed by atoms with E-state index in [0.717, 1.165) is 0 Å². The highest BCUT2D eigenvalue weighted by Crippen LogP contribution is 2.24. The Balaban J connectivity index is 2.13. The van der Waals surface area contributed by atoms with Crippen LogP contribution in [0.3, 0.4) is 0 Å². The maximum atomic E-state index is 14.9. The number of hydrogen-bond donors (Lipinski definition) is 4. The van der Waals surface area contributed by atoms with E-state index in [1.807, 2.05) is 0 Å². The van der Waals surface area contributed by atoms with Crippen molar-refractivity contribution < 1.29 is 37.5 Å². The predicted molar refractivity (Wildman–Crippen MR) is 145 cm³/mol. The molecule has 0 aliphatic carbocycles. The van der Waals surface area contributed by atoms with Crippen LogP contribution in [-0.4, -0.2) is 77.9 Å². The quantitative estimate of drug-likeness (QED) is 0.255. The first-order chi connectivity index (χ1) is 19.2. The molecule has 0 radical (unpaired) electrons. The first-order valence-electron chi connectivity index (χ1n) is 13.6. The summed E-state index contributed by atoms with van der Waals surface area (Å²) in [7, 11) is 1.37. The smallest absolute Gasteiger partial charge is 0.359 e. The zero-order chi connectivity index (χ0) is 30.9. The third-order valence-electron chi connectivity index (χ3n) is 6.83. The summed E-state index contributed by atoms with van der Waals surface area (Å²) in [5, 5.41) is 9.25. The van der Waals surface area contributed by atoms with Crippen molar-refractivity contribution in [2.45, 2.75) is 77.6 Å². The number of ketones is 1. The predicted octanol–water partition coefficient (Wildman–Crippen LogP) is 0.916. The van der Waals surface area contributed by atoms with E-state index in [2.05, 4.69) is 21.3 Å². The summed E-state index contributed by atoms with van der Waals surface area (Å²) in [4.78, 5) is 76.8. The number of nitrogens with one attached hydrogen (secondary N) is 4. The minimum absolute atomic E-state index is 0.170. The van der Waals surface area contributed by atoms with E-state index in [-0.39, 0.29) is 19.5 Å². The summed E-state index contributed by atoms with van der Waals surface area (Å²) in [5.41, 5.74) is 0.563. The molecule has 2 rings (SSSR count). The lowest BCUT2D eigenvalue weighted by molar-refractivity contribution is -0.161. The van der Waals surface area contributed by atoms with Gasteiger partial charge in [-0.05, 0) is 30.2 Å². The summed E-state index contributed by atoms with van der Waals surface area (Å²) >= 11 is 0. The molecule has 1 saturated heterocycles. The van der Waals surface area contributed by atoms with E-state index in [1.165, 1.54) is 25.8 Å². The molecule has 2 unspecified atom stereocenters. The molecule has 41 heavy (non-hydrogen) atoms. The van der Waals surface area contributed by atoms with Gasteiger partial charge in [-0.2, -0.15) is 8.78 Å². The molecule has 226 valence electrons. The average Bonchev–Trinajstić information content (AvgIpc) is 3.42. The molecule has 1 aliphatic rings. The van der Waals surface area contributed by atoms with Crippen LogP contribution in [0.25, 0.3) is 0 Å². The first kappa shape index (κ1) is 33.3. The van der Waals surface area contributed by atoms with Crippen LogP contribution in [0.2, 0.25) is 0 Å². The summed E-state index contributed by atoms with van der Waals surface area (Å²) in [6.07, 6.45) is 0.156. The van der Waals surface area contributed by atoms with E-state index < -0.39 is 77.6 Å². The molecule has 13 heteroatoms. The van der Waals surface area contributed by atoms with Gasteiger partial charge in [0.25, 0.3) is 5.91 Å². The van der Waals surface area contributed by atoms with Gasteiger partial charge in [0.05, 0.1) is 6.04 Å². The molecular weight excluding hydrogens is 540 g/mol. The molecule has 1 aliphatic heterocycles. The molecule has 1 aromatic carbocycles. The Morgan fingerprint density at radius 3 is 2.10 bits per heavy atom.